The van der Waals surface area contributed by atoms with Gasteiger partial charge in [0, 0.05) is 17.1 Å². The van der Waals surface area contributed by atoms with Crippen molar-refractivity contribution in [3.63, 3.8) is 0 Å². The highest BCUT2D eigenvalue weighted by Gasteiger charge is 2.17. The lowest BCUT2D eigenvalue weighted by atomic mass is 10.0. The number of likely N-dealkylation sites (tertiary alicyclic amines) is 1. The fourth-order valence-corrected chi connectivity index (χ4v) is 2.95. The SMILES string of the molecule is CCCOc1ccc(Cl)cc1C(O)CCN1CCCCC1. The summed E-state index contributed by atoms with van der Waals surface area (Å²) >= 11 is 6.07. The lowest BCUT2D eigenvalue weighted by Gasteiger charge is -2.27. The Bertz CT molecular complexity index is 433. The Hall–Kier alpha value is -0.770. The summed E-state index contributed by atoms with van der Waals surface area (Å²) in [6.07, 6.45) is 5.05. The van der Waals surface area contributed by atoms with Crippen LogP contribution in [-0.2, 0) is 0 Å². The van der Waals surface area contributed by atoms with Gasteiger partial charge in [-0.25, -0.2) is 0 Å². The molecule has 0 radical (unpaired) electrons. The number of benzene rings is 1. The summed E-state index contributed by atoms with van der Waals surface area (Å²) in [6.45, 7) is 5.97. The Morgan fingerprint density at radius 3 is 2.76 bits per heavy atom. The van der Waals surface area contributed by atoms with Crippen molar-refractivity contribution in [3.05, 3.63) is 28.8 Å². The van der Waals surface area contributed by atoms with Crippen LogP contribution in [0.4, 0.5) is 0 Å². The molecule has 0 saturated carbocycles. The number of piperidine rings is 1. The van der Waals surface area contributed by atoms with Gasteiger partial charge in [0.25, 0.3) is 0 Å². The molecular weight excluding hydrogens is 286 g/mol. The number of rotatable bonds is 7. The maximum atomic E-state index is 10.5. The molecule has 1 heterocycles. The summed E-state index contributed by atoms with van der Waals surface area (Å²) in [5.74, 6) is 0.757. The van der Waals surface area contributed by atoms with Crippen molar-refractivity contribution in [2.75, 3.05) is 26.2 Å². The molecule has 1 atom stereocenters. The van der Waals surface area contributed by atoms with Crippen LogP contribution >= 0.6 is 11.6 Å². The van der Waals surface area contributed by atoms with E-state index in [9.17, 15) is 5.11 Å². The van der Waals surface area contributed by atoms with Gasteiger partial charge >= 0.3 is 0 Å². The molecule has 1 unspecified atom stereocenters. The van der Waals surface area contributed by atoms with Crippen LogP contribution in [0.25, 0.3) is 0 Å². The van der Waals surface area contributed by atoms with E-state index in [0.717, 1.165) is 43.8 Å². The largest absolute Gasteiger partial charge is 0.493 e. The van der Waals surface area contributed by atoms with Gasteiger partial charge in [-0.2, -0.15) is 0 Å². The minimum atomic E-state index is -0.516. The Labute approximate surface area is 132 Å². The highest BCUT2D eigenvalue weighted by Crippen LogP contribution is 2.30. The lowest BCUT2D eigenvalue weighted by molar-refractivity contribution is 0.130. The Balaban J connectivity index is 1.95. The van der Waals surface area contributed by atoms with Crippen molar-refractivity contribution in [3.8, 4) is 5.75 Å². The number of halogens is 1. The second-order valence-electron chi connectivity index (χ2n) is 5.74. The van der Waals surface area contributed by atoms with E-state index < -0.39 is 6.10 Å². The molecule has 2 rings (SSSR count). The molecule has 0 aliphatic carbocycles. The maximum Gasteiger partial charge on any atom is 0.125 e. The van der Waals surface area contributed by atoms with Gasteiger partial charge in [0.15, 0.2) is 0 Å². The smallest absolute Gasteiger partial charge is 0.125 e. The van der Waals surface area contributed by atoms with Crippen molar-refractivity contribution in [2.45, 2.75) is 45.1 Å². The number of hydrogen-bond donors (Lipinski definition) is 1. The van der Waals surface area contributed by atoms with Crippen LogP contribution in [0.1, 0.15) is 50.7 Å². The average Bonchev–Trinajstić information content (AvgIpc) is 2.52. The van der Waals surface area contributed by atoms with E-state index in [4.69, 9.17) is 16.3 Å². The van der Waals surface area contributed by atoms with Crippen molar-refractivity contribution < 1.29 is 9.84 Å². The highest BCUT2D eigenvalue weighted by molar-refractivity contribution is 6.30. The molecule has 21 heavy (non-hydrogen) atoms. The average molecular weight is 312 g/mol. The third kappa shape index (κ3) is 5.17. The zero-order valence-electron chi connectivity index (χ0n) is 12.9. The molecule has 0 spiro atoms. The number of ether oxygens (including phenoxy) is 1. The predicted octanol–water partition coefficient (Wildman–Crippen LogP) is 4.04. The molecule has 4 heteroatoms. The van der Waals surface area contributed by atoms with Gasteiger partial charge in [0.1, 0.15) is 5.75 Å². The van der Waals surface area contributed by atoms with E-state index in [0.29, 0.717) is 11.6 Å². The van der Waals surface area contributed by atoms with Crippen LogP contribution in [0.5, 0.6) is 5.75 Å². The maximum absolute atomic E-state index is 10.5. The molecule has 1 aromatic carbocycles. The summed E-state index contributed by atoms with van der Waals surface area (Å²) in [4.78, 5) is 2.43. The molecular formula is C17H26ClNO2. The topological polar surface area (TPSA) is 32.7 Å². The molecule has 1 aliphatic heterocycles. The van der Waals surface area contributed by atoms with Crippen LogP contribution in [0.3, 0.4) is 0 Å². The number of aliphatic hydroxyl groups is 1. The standard InChI is InChI=1S/C17H26ClNO2/c1-2-12-21-17-7-6-14(18)13-15(17)16(20)8-11-19-9-4-3-5-10-19/h6-7,13,16,20H,2-5,8-12H2,1H3. The van der Waals surface area contributed by atoms with E-state index in [1.165, 1.54) is 19.3 Å². The highest BCUT2D eigenvalue weighted by atomic mass is 35.5. The quantitative estimate of drug-likeness (QED) is 0.825. The fourth-order valence-electron chi connectivity index (χ4n) is 2.77. The third-order valence-corrected chi connectivity index (χ3v) is 4.20. The second-order valence-corrected chi connectivity index (χ2v) is 6.17. The summed E-state index contributed by atoms with van der Waals surface area (Å²) in [5, 5.41) is 11.1. The normalized spacial score (nSPS) is 17.7. The molecule has 1 N–H and O–H groups in total. The minimum absolute atomic E-state index is 0.516. The summed E-state index contributed by atoms with van der Waals surface area (Å²) in [6, 6.07) is 5.50. The Morgan fingerprint density at radius 1 is 1.29 bits per heavy atom. The van der Waals surface area contributed by atoms with Gasteiger partial charge in [-0.3, -0.25) is 0 Å². The molecule has 1 aromatic rings. The first-order chi connectivity index (χ1) is 10.2. The Morgan fingerprint density at radius 2 is 2.05 bits per heavy atom. The predicted molar refractivity (Wildman–Crippen MR) is 87.1 cm³/mol. The third-order valence-electron chi connectivity index (χ3n) is 3.96. The molecule has 0 bridgehead atoms. The summed E-state index contributed by atoms with van der Waals surface area (Å²) in [7, 11) is 0. The van der Waals surface area contributed by atoms with Gasteiger partial charge in [-0.15, -0.1) is 0 Å². The first-order valence-electron chi connectivity index (χ1n) is 8.03. The van der Waals surface area contributed by atoms with Crippen molar-refractivity contribution >= 4 is 11.6 Å². The number of nitrogens with zero attached hydrogens (tertiary/aromatic N) is 1. The van der Waals surface area contributed by atoms with Crippen LogP contribution < -0.4 is 4.74 Å². The van der Waals surface area contributed by atoms with Gasteiger partial charge in [0.05, 0.1) is 12.7 Å². The molecule has 3 nitrogen and oxygen atoms in total. The van der Waals surface area contributed by atoms with Crippen LogP contribution in [0.2, 0.25) is 5.02 Å². The first-order valence-corrected chi connectivity index (χ1v) is 8.41. The zero-order chi connectivity index (χ0) is 15.1. The van der Waals surface area contributed by atoms with E-state index in [1.54, 1.807) is 0 Å². The van der Waals surface area contributed by atoms with E-state index in [1.807, 2.05) is 18.2 Å². The van der Waals surface area contributed by atoms with E-state index in [-0.39, 0.29) is 0 Å². The zero-order valence-corrected chi connectivity index (χ0v) is 13.6. The molecule has 0 amide bonds. The van der Waals surface area contributed by atoms with Gasteiger partial charge in [-0.1, -0.05) is 24.9 Å². The molecule has 0 aromatic heterocycles. The van der Waals surface area contributed by atoms with Crippen molar-refractivity contribution in [1.82, 2.24) is 4.90 Å². The minimum Gasteiger partial charge on any atom is -0.493 e. The van der Waals surface area contributed by atoms with E-state index in [2.05, 4.69) is 11.8 Å². The first kappa shape index (κ1) is 16.6. The Kier molecular flexibility index (Phi) is 6.81. The molecule has 1 fully saturated rings. The van der Waals surface area contributed by atoms with Gasteiger partial charge in [0.2, 0.25) is 0 Å². The van der Waals surface area contributed by atoms with Gasteiger partial charge in [-0.05, 0) is 57.0 Å². The van der Waals surface area contributed by atoms with Crippen LogP contribution in [-0.4, -0.2) is 36.2 Å². The lowest BCUT2D eigenvalue weighted by Crippen LogP contribution is -2.31. The molecule has 118 valence electrons. The van der Waals surface area contributed by atoms with Crippen LogP contribution in [0, 0.1) is 0 Å². The fraction of sp³-hybridized carbons (Fsp3) is 0.647. The monoisotopic (exact) mass is 311 g/mol. The van der Waals surface area contributed by atoms with Crippen molar-refractivity contribution in [1.29, 1.82) is 0 Å². The molecule has 1 aliphatic rings. The summed E-state index contributed by atoms with van der Waals surface area (Å²) < 4.78 is 5.72. The van der Waals surface area contributed by atoms with Crippen LogP contribution in [0.15, 0.2) is 18.2 Å². The second kappa shape index (κ2) is 8.62. The number of aliphatic hydroxyl groups excluding tert-OH is 1. The summed E-state index contributed by atoms with van der Waals surface area (Å²) in [5.41, 5.74) is 0.813. The van der Waals surface area contributed by atoms with E-state index >= 15 is 0 Å². The van der Waals surface area contributed by atoms with Gasteiger partial charge < -0.3 is 14.7 Å². The molecule has 1 saturated heterocycles. The van der Waals surface area contributed by atoms with Crippen molar-refractivity contribution in [2.24, 2.45) is 0 Å². The number of hydrogen-bond acceptors (Lipinski definition) is 3.